The van der Waals surface area contributed by atoms with E-state index < -0.39 is 0 Å². The highest BCUT2D eigenvalue weighted by Gasteiger charge is 2.08. The van der Waals surface area contributed by atoms with Gasteiger partial charge in [0.15, 0.2) is 5.82 Å². The molecule has 0 unspecified atom stereocenters. The first-order valence-electron chi connectivity index (χ1n) is 5.21. The minimum absolute atomic E-state index is 0.723. The van der Waals surface area contributed by atoms with Crippen LogP contribution in [0.15, 0.2) is 17.6 Å². The van der Waals surface area contributed by atoms with Crippen molar-refractivity contribution in [2.75, 3.05) is 11.9 Å². The number of nitrogens with zero attached hydrogens (tertiary/aromatic N) is 2. The molecule has 0 saturated carbocycles. The molecule has 0 fully saturated rings. The summed E-state index contributed by atoms with van der Waals surface area (Å²) in [5.41, 5.74) is 0. The van der Waals surface area contributed by atoms with E-state index in [4.69, 9.17) is 11.6 Å². The van der Waals surface area contributed by atoms with Crippen molar-refractivity contribution in [3.05, 3.63) is 26.2 Å². The van der Waals surface area contributed by atoms with Crippen molar-refractivity contribution in [3.8, 4) is 10.7 Å². The van der Waals surface area contributed by atoms with Crippen molar-refractivity contribution >= 4 is 51.3 Å². The summed E-state index contributed by atoms with van der Waals surface area (Å²) < 4.78 is 1.03. The van der Waals surface area contributed by atoms with Gasteiger partial charge in [-0.3, -0.25) is 0 Å². The molecule has 90 valence electrons. The third kappa shape index (κ3) is 3.29. The lowest BCUT2D eigenvalue weighted by molar-refractivity contribution is 0.963. The maximum absolute atomic E-state index is 5.90. The zero-order valence-corrected chi connectivity index (χ0v) is 12.9. The van der Waals surface area contributed by atoms with Crippen LogP contribution in [0.1, 0.15) is 13.3 Å². The summed E-state index contributed by atoms with van der Waals surface area (Å²) in [5, 5.41) is 5.91. The van der Waals surface area contributed by atoms with E-state index >= 15 is 0 Å². The van der Waals surface area contributed by atoms with Crippen molar-refractivity contribution in [3.63, 3.8) is 0 Å². The maximum Gasteiger partial charge on any atom is 0.171 e. The molecule has 0 aliphatic carbocycles. The summed E-state index contributed by atoms with van der Waals surface area (Å²) in [4.78, 5) is 9.83. The van der Waals surface area contributed by atoms with E-state index in [-0.39, 0.29) is 0 Å². The van der Waals surface area contributed by atoms with Crippen molar-refractivity contribution < 1.29 is 0 Å². The molecule has 0 atom stereocenters. The zero-order valence-electron chi connectivity index (χ0n) is 9.20. The molecule has 1 N–H and O–H groups in total. The number of rotatable bonds is 4. The Kier molecular flexibility index (Phi) is 4.58. The Morgan fingerprint density at radius 1 is 1.53 bits per heavy atom. The smallest absolute Gasteiger partial charge is 0.171 e. The van der Waals surface area contributed by atoms with E-state index in [1.807, 2.05) is 17.6 Å². The lowest BCUT2D eigenvalue weighted by atomic mass is 10.4. The number of nitrogens with one attached hydrogen (secondary N) is 1. The van der Waals surface area contributed by atoms with Gasteiger partial charge in [-0.1, -0.05) is 18.5 Å². The predicted molar refractivity (Wildman–Crippen MR) is 81.9 cm³/mol. The molecule has 0 aliphatic heterocycles. The normalized spacial score (nSPS) is 10.5. The van der Waals surface area contributed by atoms with Gasteiger partial charge in [-0.05, 0) is 35.1 Å². The molecule has 2 heterocycles. The minimum atomic E-state index is 0.723. The van der Waals surface area contributed by atoms with Crippen LogP contribution in [-0.2, 0) is 0 Å². The van der Waals surface area contributed by atoms with Gasteiger partial charge in [0.05, 0.1) is 13.5 Å². The Bertz CT molecular complexity index is 515. The second-order valence-corrected chi connectivity index (χ2v) is 5.96. The van der Waals surface area contributed by atoms with Gasteiger partial charge >= 0.3 is 0 Å². The molecule has 2 aromatic heterocycles. The molecule has 3 nitrogen and oxygen atoms in total. The maximum atomic E-state index is 5.90. The Morgan fingerprint density at radius 2 is 2.35 bits per heavy atom. The van der Waals surface area contributed by atoms with Crippen molar-refractivity contribution in [2.45, 2.75) is 13.3 Å². The Morgan fingerprint density at radius 3 is 3.00 bits per heavy atom. The van der Waals surface area contributed by atoms with E-state index in [2.05, 4.69) is 44.8 Å². The molecular weight excluding hydrogens is 369 g/mol. The first-order valence-corrected chi connectivity index (χ1v) is 7.55. The average Bonchev–Trinajstić information content (AvgIpc) is 2.75. The standard InChI is InChI=1S/C11H11ClIN3S/c1-2-3-14-10-8(13)5-15-11(16-10)9-4-7(12)6-17-9/h4-6H,2-3H2,1H3,(H,14,15,16). The van der Waals surface area contributed by atoms with Gasteiger partial charge in [0, 0.05) is 18.1 Å². The molecule has 6 heteroatoms. The van der Waals surface area contributed by atoms with Crippen LogP contribution in [0, 0.1) is 3.57 Å². The molecule has 17 heavy (non-hydrogen) atoms. The molecular formula is C11H11ClIN3S. The van der Waals surface area contributed by atoms with E-state index in [0.29, 0.717) is 0 Å². The summed E-state index contributed by atoms with van der Waals surface area (Å²) in [5.74, 6) is 1.61. The Balaban J connectivity index is 2.30. The average molecular weight is 380 g/mol. The fourth-order valence-electron chi connectivity index (χ4n) is 1.28. The fraction of sp³-hybridized carbons (Fsp3) is 0.273. The minimum Gasteiger partial charge on any atom is -0.369 e. The zero-order chi connectivity index (χ0) is 12.3. The van der Waals surface area contributed by atoms with Crippen molar-refractivity contribution in [2.24, 2.45) is 0 Å². The number of hydrogen-bond donors (Lipinski definition) is 1. The number of anilines is 1. The first-order chi connectivity index (χ1) is 8.20. The SMILES string of the molecule is CCCNc1nc(-c2cc(Cl)cs2)ncc1I. The topological polar surface area (TPSA) is 37.8 Å². The van der Waals surface area contributed by atoms with Gasteiger partial charge in [0.2, 0.25) is 0 Å². The lowest BCUT2D eigenvalue weighted by Gasteiger charge is -2.07. The summed E-state index contributed by atoms with van der Waals surface area (Å²) in [6, 6.07) is 1.89. The summed E-state index contributed by atoms with van der Waals surface area (Å²) in [6.07, 6.45) is 2.90. The number of halogens is 2. The summed E-state index contributed by atoms with van der Waals surface area (Å²) in [7, 11) is 0. The first kappa shape index (κ1) is 13.0. The fourth-order valence-corrected chi connectivity index (χ4v) is 2.75. The molecule has 2 rings (SSSR count). The van der Waals surface area contributed by atoms with Gasteiger partial charge in [-0.15, -0.1) is 11.3 Å². The number of hydrogen-bond acceptors (Lipinski definition) is 4. The van der Waals surface area contributed by atoms with Gasteiger partial charge in [0.25, 0.3) is 0 Å². The van der Waals surface area contributed by atoms with E-state index in [1.54, 1.807) is 11.3 Å². The lowest BCUT2D eigenvalue weighted by Crippen LogP contribution is -2.05. The number of thiophene rings is 1. The second-order valence-electron chi connectivity index (χ2n) is 3.45. The molecule has 0 saturated heterocycles. The number of aromatic nitrogens is 2. The van der Waals surface area contributed by atoms with Crippen LogP contribution < -0.4 is 5.32 Å². The van der Waals surface area contributed by atoms with Gasteiger partial charge in [-0.25, -0.2) is 9.97 Å². The van der Waals surface area contributed by atoms with Crippen LogP contribution in [0.2, 0.25) is 5.02 Å². The predicted octanol–water partition coefficient (Wildman–Crippen LogP) is 4.29. The van der Waals surface area contributed by atoms with Crippen LogP contribution in [0.25, 0.3) is 10.7 Å². The van der Waals surface area contributed by atoms with E-state index in [0.717, 1.165) is 38.1 Å². The highest BCUT2D eigenvalue weighted by molar-refractivity contribution is 14.1. The van der Waals surface area contributed by atoms with Gasteiger partial charge in [0.1, 0.15) is 5.82 Å². The molecule has 0 bridgehead atoms. The summed E-state index contributed by atoms with van der Waals surface area (Å²) in [6.45, 7) is 3.04. The molecule has 2 aromatic rings. The van der Waals surface area contributed by atoms with Crippen LogP contribution in [0.5, 0.6) is 0 Å². The van der Waals surface area contributed by atoms with Gasteiger partial charge in [-0.2, -0.15) is 0 Å². The summed E-state index contributed by atoms with van der Waals surface area (Å²) >= 11 is 9.69. The molecule has 0 amide bonds. The molecule has 0 aromatic carbocycles. The van der Waals surface area contributed by atoms with Crippen LogP contribution >= 0.6 is 45.5 Å². The monoisotopic (exact) mass is 379 g/mol. The van der Waals surface area contributed by atoms with E-state index in [1.165, 1.54) is 0 Å². The van der Waals surface area contributed by atoms with Gasteiger partial charge < -0.3 is 5.32 Å². The molecule has 0 aliphatic rings. The Labute approximate surface area is 123 Å². The van der Waals surface area contributed by atoms with Crippen LogP contribution in [0.4, 0.5) is 5.82 Å². The Hall–Kier alpha value is -0.400. The largest absolute Gasteiger partial charge is 0.369 e. The third-order valence-corrected chi connectivity index (χ3v) is 4.14. The highest BCUT2D eigenvalue weighted by Crippen LogP contribution is 2.28. The van der Waals surface area contributed by atoms with Crippen LogP contribution in [0.3, 0.4) is 0 Å². The van der Waals surface area contributed by atoms with E-state index in [9.17, 15) is 0 Å². The quantitative estimate of drug-likeness (QED) is 0.806. The second kappa shape index (κ2) is 5.97. The van der Waals surface area contributed by atoms with Crippen LogP contribution in [-0.4, -0.2) is 16.5 Å². The third-order valence-electron chi connectivity index (χ3n) is 2.07. The highest BCUT2D eigenvalue weighted by atomic mass is 127. The molecule has 0 spiro atoms. The van der Waals surface area contributed by atoms with Crippen molar-refractivity contribution in [1.29, 1.82) is 0 Å². The molecule has 0 radical (unpaired) electrons. The van der Waals surface area contributed by atoms with Crippen molar-refractivity contribution in [1.82, 2.24) is 9.97 Å².